The van der Waals surface area contributed by atoms with E-state index in [9.17, 15) is 0 Å². The van der Waals surface area contributed by atoms with Gasteiger partial charge in [0.1, 0.15) is 8.24 Å². The van der Waals surface area contributed by atoms with E-state index in [4.69, 9.17) is 5.73 Å². The lowest BCUT2D eigenvalue weighted by Gasteiger charge is -2.33. The molecule has 0 aromatic carbocycles. The molecule has 0 rings (SSSR count). The van der Waals surface area contributed by atoms with Gasteiger partial charge in [-0.25, -0.2) is 0 Å². The van der Waals surface area contributed by atoms with Gasteiger partial charge in [0.15, 0.2) is 0 Å². The van der Waals surface area contributed by atoms with Crippen molar-refractivity contribution in [1.82, 2.24) is 4.23 Å². The van der Waals surface area contributed by atoms with Crippen LogP contribution in [0.2, 0.25) is 32.7 Å². The third-order valence-corrected chi connectivity index (χ3v) is 9.54. The summed E-state index contributed by atoms with van der Waals surface area (Å²) in [5.41, 5.74) is 4.91. The van der Waals surface area contributed by atoms with Crippen LogP contribution in [0.25, 0.3) is 0 Å². The van der Waals surface area contributed by atoms with Crippen molar-refractivity contribution in [2.24, 2.45) is 5.73 Å². The lowest BCUT2D eigenvalue weighted by atomic mass is 10.7. The average Bonchev–Trinajstić information content (AvgIpc) is 2.02. The van der Waals surface area contributed by atoms with E-state index < -0.39 is 17.2 Å². The van der Waals surface area contributed by atoms with E-state index >= 15 is 0 Å². The first-order valence-corrected chi connectivity index (χ1v) is 11.1. The first-order valence-electron chi connectivity index (χ1n) is 4.81. The van der Waals surface area contributed by atoms with E-state index in [1.54, 1.807) is 6.08 Å². The third kappa shape index (κ3) is 10.0. The van der Waals surface area contributed by atoms with Crippen molar-refractivity contribution in [3.63, 3.8) is 0 Å². The molecule has 0 amide bonds. The smallest absolute Gasteiger partial charge is 0.111 e. The van der Waals surface area contributed by atoms with Crippen LogP contribution in [0.15, 0.2) is 12.7 Å². The van der Waals surface area contributed by atoms with Crippen molar-refractivity contribution in [3.8, 4) is 0 Å². The van der Waals surface area contributed by atoms with Crippen molar-refractivity contribution >= 4 is 17.2 Å². The molecule has 0 radical (unpaired) electrons. The van der Waals surface area contributed by atoms with Crippen molar-refractivity contribution in [2.75, 3.05) is 13.6 Å². The summed E-state index contributed by atoms with van der Waals surface area (Å²) in [5.74, 6) is 0. The van der Waals surface area contributed by atoms with Gasteiger partial charge in [-0.1, -0.05) is 38.8 Å². The fourth-order valence-electron chi connectivity index (χ4n) is 0.775. The maximum absolute atomic E-state index is 4.91. The van der Waals surface area contributed by atoms with E-state index in [1.807, 2.05) is 0 Å². The molecule has 0 bridgehead atoms. The Morgan fingerprint density at radius 3 is 1.69 bits per heavy atom. The molecule has 0 heterocycles. The molecule has 0 aromatic rings. The largest absolute Gasteiger partial charge is 0.351 e. The maximum Gasteiger partial charge on any atom is 0.111 e. The molecule has 0 spiro atoms. The van der Waals surface area contributed by atoms with Gasteiger partial charge in [-0.05, 0) is 7.05 Å². The van der Waals surface area contributed by atoms with Crippen LogP contribution in [0.1, 0.15) is 0 Å². The second kappa shape index (κ2) is 7.49. The van der Waals surface area contributed by atoms with Gasteiger partial charge in [-0.3, -0.25) is 0 Å². The molecular weight excluding hydrogens is 192 g/mol. The molecule has 0 aliphatic rings. The Morgan fingerprint density at radius 2 is 1.69 bits per heavy atom. The van der Waals surface area contributed by atoms with Crippen LogP contribution < -0.4 is 5.73 Å². The number of nitrogens with two attached hydrogens (primary N) is 1. The first kappa shape index (κ1) is 15.6. The minimum absolute atomic E-state index is 0.495. The van der Waals surface area contributed by atoms with Gasteiger partial charge in [0, 0.05) is 6.54 Å². The zero-order chi connectivity index (χ0) is 11.1. The molecule has 0 saturated heterocycles. The highest BCUT2D eigenvalue weighted by Gasteiger charge is 2.21. The number of hydrogen-bond donors (Lipinski definition) is 1. The molecule has 13 heavy (non-hydrogen) atoms. The minimum Gasteiger partial charge on any atom is -0.351 e. The molecule has 80 valence electrons. The van der Waals surface area contributed by atoms with Gasteiger partial charge in [-0.2, -0.15) is 0 Å². The van der Waals surface area contributed by atoms with Gasteiger partial charge in [0.05, 0.1) is 8.96 Å². The van der Waals surface area contributed by atoms with Crippen LogP contribution in [0.5, 0.6) is 0 Å². The summed E-state index contributed by atoms with van der Waals surface area (Å²) in [6.07, 6.45) is 1.65. The van der Waals surface area contributed by atoms with Crippen LogP contribution >= 0.6 is 0 Å². The lowest BCUT2D eigenvalue weighted by molar-refractivity contribution is 0.784. The first-order chi connectivity index (χ1) is 5.77. The Labute approximate surface area is 86.6 Å². The number of nitrogens with zero attached hydrogens (tertiary/aromatic N) is 1. The predicted molar refractivity (Wildman–Crippen MR) is 69.2 cm³/mol. The van der Waals surface area contributed by atoms with Crippen LogP contribution in [-0.2, 0) is 0 Å². The zero-order valence-electron chi connectivity index (χ0n) is 10.1. The molecule has 0 aliphatic heterocycles. The Bertz CT molecular complexity index is 130. The summed E-state index contributed by atoms with van der Waals surface area (Å²) in [5, 5.41) is 0. The summed E-state index contributed by atoms with van der Waals surface area (Å²) in [7, 11) is 0.858. The molecule has 0 atom stereocenters. The van der Waals surface area contributed by atoms with E-state index in [-0.39, 0.29) is 0 Å². The third-order valence-electron chi connectivity index (χ3n) is 2.00. The van der Waals surface area contributed by atoms with Crippen LogP contribution in [0.3, 0.4) is 0 Å². The molecular formula is C9H26N2Si2. The summed E-state index contributed by atoms with van der Waals surface area (Å²) < 4.78 is 2.63. The van der Waals surface area contributed by atoms with Crippen LogP contribution in [-0.4, -0.2) is 35.0 Å². The second-order valence-electron chi connectivity index (χ2n) is 4.40. The van der Waals surface area contributed by atoms with E-state index in [0.717, 1.165) is 0 Å². The van der Waals surface area contributed by atoms with Gasteiger partial charge < -0.3 is 9.96 Å². The Balaban J connectivity index is 0. The molecule has 0 aliphatic carbocycles. The monoisotopic (exact) mass is 218 g/mol. The van der Waals surface area contributed by atoms with E-state index in [0.29, 0.717) is 6.54 Å². The van der Waals surface area contributed by atoms with E-state index in [1.165, 1.54) is 0 Å². The molecule has 0 aromatic heterocycles. The quantitative estimate of drug-likeness (QED) is 0.579. The molecule has 2 nitrogen and oxygen atoms in total. The van der Waals surface area contributed by atoms with Gasteiger partial charge in [0.25, 0.3) is 0 Å². The molecule has 4 heteroatoms. The zero-order valence-corrected chi connectivity index (χ0v) is 12.2. The summed E-state index contributed by atoms with van der Waals surface area (Å²) in [4.78, 5) is 0. The average molecular weight is 218 g/mol. The topological polar surface area (TPSA) is 29.3 Å². The SMILES string of the molecule is C=CCN.CN([SiH](C)C)[Si](C)(C)C. The standard InChI is InChI=1S/C6H19NSi2.C3H7N/c1-7(8(2)3)9(4,5)6;1-2-3-4/h8H,1-6H3;2H,1,3-4H2. The fourth-order valence-corrected chi connectivity index (χ4v) is 6.97. The lowest BCUT2D eigenvalue weighted by Crippen LogP contribution is -2.49. The van der Waals surface area contributed by atoms with Gasteiger partial charge in [0.2, 0.25) is 0 Å². The normalized spacial score (nSPS) is 11.2. The fraction of sp³-hybridized carbons (Fsp3) is 0.778. The molecule has 2 N–H and O–H groups in total. The number of hydrogen-bond acceptors (Lipinski definition) is 2. The highest BCUT2D eigenvalue weighted by molar-refractivity contribution is 6.82. The summed E-state index contributed by atoms with van der Waals surface area (Å²) in [6, 6.07) is 0. The predicted octanol–water partition coefficient (Wildman–Crippen LogP) is 1.87. The molecule has 0 saturated carbocycles. The summed E-state index contributed by atoms with van der Waals surface area (Å²) >= 11 is 0. The van der Waals surface area contributed by atoms with Gasteiger partial charge >= 0.3 is 0 Å². The Morgan fingerprint density at radius 1 is 1.38 bits per heavy atom. The van der Waals surface area contributed by atoms with Crippen molar-refractivity contribution in [3.05, 3.63) is 12.7 Å². The Hall–Kier alpha value is 0.0938. The molecule has 0 unspecified atom stereocenters. The second-order valence-corrected chi connectivity index (χ2v) is 12.9. The molecule has 0 fully saturated rings. The highest BCUT2D eigenvalue weighted by Crippen LogP contribution is 2.07. The van der Waals surface area contributed by atoms with Crippen molar-refractivity contribution < 1.29 is 0 Å². The number of rotatable bonds is 3. The van der Waals surface area contributed by atoms with E-state index in [2.05, 4.69) is 50.6 Å². The Kier molecular flexibility index (Phi) is 8.97. The van der Waals surface area contributed by atoms with Crippen LogP contribution in [0, 0.1) is 0 Å². The maximum atomic E-state index is 4.91. The van der Waals surface area contributed by atoms with Crippen LogP contribution in [0.4, 0.5) is 0 Å². The van der Waals surface area contributed by atoms with Gasteiger partial charge in [-0.15, -0.1) is 6.58 Å². The minimum atomic E-state index is -0.929. The highest BCUT2D eigenvalue weighted by atomic mass is 28.4. The van der Waals surface area contributed by atoms with Crippen molar-refractivity contribution in [2.45, 2.75) is 32.7 Å². The summed E-state index contributed by atoms with van der Waals surface area (Å²) in [6.45, 7) is 15.9. The van der Waals surface area contributed by atoms with Crippen molar-refractivity contribution in [1.29, 1.82) is 0 Å².